The third-order valence-electron chi connectivity index (χ3n) is 7.87. The maximum atomic E-state index is 14.8. The number of methoxy groups -OCH3 is 1. The quantitative estimate of drug-likeness (QED) is 0.244. The molecule has 2 aromatic carbocycles. The first-order valence-corrected chi connectivity index (χ1v) is 14.2. The third-order valence-corrected chi connectivity index (χ3v) is 8.57. The molecule has 10 nitrogen and oxygen atoms in total. The average molecular weight is 674 g/mol. The number of benzene rings is 2. The van der Waals surface area contributed by atoms with Crippen LogP contribution in [0.1, 0.15) is 39.8 Å². The molecule has 0 bridgehead atoms. The molecule has 4 N–H and O–H groups in total. The fourth-order valence-electron chi connectivity index (χ4n) is 5.00. The Morgan fingerprint density at radius 1 is 1.17 bits per heavy atom. The zero-order valence-electron chi connectivity index (χ0n) is 24.3. The average Bonchev–Trinajstić information content (AvgIpc) is 3.36. The zero-order chi connectivity index (χ0) is 33.8. The van der Waals surface area contributed by atoms with Gasteiger partial charge in [0.25, 0.3) is 5.91 Å². The number of primary amides is 1. The second kappa shape index (κ2) is 11.6. The fraction of sp³-hybridized carbons (Fsp3) is 0.258. The lowest BCUT2D eigenvalue weighted by Gasteiger charge is -2.31. The number of ether oxygens (including phenoxy) is 2. The molecule has 0 spiro atoms. The molecule has 1 unspecified atom stereocenters. The number of nitriles is 1. The summed E-state index contributed by atoms with van der Waals surface area (Å²) in [5.74, 6) is -1.76. The van der Waals surface area contributed by atoms with E-state index in [4.69, 9.17) is 38.4 Å². The van der Waals surface area contributed by atoms with Crippen LogP contribution in [0.5, 0.6) is 11.5 Å². The van der Waals surface area contributed by atoms with Gasteiger partial charge >= 0.3 is 6.18 Å². The van der Waals surface area contributed by atoms with Crippen LogP contribution >= 0.6 is 23.2 Å². The summed E-state index contributed by atoms with van der Waals surface area (Å²) < 4.78 is 55.4. The van der Waals surface area contributed by atoms with E-state index >= 15 is 0 Å². The molecule has 0 saturated carbocycles. The van der Waals surface area contributed by atoms with Crippen molar-refractivity contribution < 1.29 is 37.3 Å². The van der Waals surface area contributed by atoms with E-state index in [0.29, 0.717) is 21.6 Å². The Bertz CT molecular complexity index is 1980. The first-order chi connectivity index (χ1) is 21.5. The highest BCUT2D eigenvalue weighted by Gasteiger charge is 2.57. The van der Waals surface area contributed by atoms with Crippen LogP contribution in [0.2, 0.25) is 10.0 Å². The van der Waals surface area contributed by atoms with Crippen LogP contribution in [0.25, 0.3) is 22.2 Å². The molecule has 5 rings (SSSR count). The zero-order valence-corrected chi connectivity index (χ0v) is 25.9. The van der Waals surface area contributed by atoms with Gasteiger partial charge in [-0.1, -0.05) is 29.3 Å². The number of alkyl halides is 3. The van der Waals surface area contributed by atoms with Gasteiger partial charge in [0, 0.05) is 22.1 Å². The number of nitrogens with one attached hydrogen (secondary N) is 1. The molecule has 1 aliphatic rings. The molecular formula is C31H24Cl2F3N5O5. The van der Waals surface area contributed by atoms with Crippen LogP contribution in [0.3, 0.4) is 0 Å². The van der Waals surface area contributed by atoms with Crippen molar-refractivity contribution in [2.75, 3.05) is 20.3 Å². The number of aromatic nitrogens is 2. The van der Waals surface area contributed by atoms with E-state index in [1.165, 1.54) is 50.4 Å². The molecule has 0 aliphatic carbocycles. The highest BCUT2D eigenvalue weighted by molar-refractivity contribution is 6.32. The number of fused-ring (bicyclic) bond motifs is 2. The number of amides is 2. The molecule has 46 heavy (non-hydrogen) atoms. The molecule has 15 heteroatoms. The van der Waals surface area contributed by atoms with Gasteiger partial charge < -0.3 is 25.6 Å². The molecule has 0 saturated heterocycles. The Morgan fingerprint density at radius 3 is 2.50 bits per heavy atom. The number of carbonyl (C=O) groups is 2. The second-order valence-corrected chi connectivity index (χ2v) is 11.7. The Hall–Kier alpha value is -4.64. The minimum atomic E-state index is -5.39. The van der Waals surface area contributed by atoms with Crippen molar-refractivity contribution in [2.45, 2.75) is 31.0 Å². The number of aliphatic hydroxyl groups is 1. The highest BCUT2D eigenvalue weighted by atomic mass is 35.5. The molecular weight excluding hydrogens is 650 g/mol. The van der Waals surface area contributed by atoms with Crippen LogP contribution in [0.4, 0.5) is 13.2 Å². The first-order valence-electron chi connectivity index (χ1n) is 13.4. The van der Waals surface area contributed by atoms with Crippen molar-refractivity contribution in [2.24, 2.45) is 5.73 Å². The summed E-state index contributed by atoms with van der Waals surface area (Å²) in [6.45, 7) is 1.36. The van der Waals surface area contributed by atoms with Gasteiger partial charge in [0.15, 0.2) is 0 Å². The Kier molecular flexibility index (Phi) is 8.27. The Balaban J connectivity index is 1.61. The SMILES string of the molecule is COc1cc(C(=O)NCC(O)(c2cc3c(c(-c4ccc(C#N)c(Cl)c4)n2)OC[C@]3(C)C(N)=O)C(F)(F)F)cc2cc(Cl)c(C)nc12. The number of hydrogen-bond acceptors (Lipinski definition) is 8. The van der Waals surface area contributed by atoms with Gasteiger partial charge in [-0.25, -0.2) is 9.97 Å². The molecule has 2 amide bonds. The normalized spacial score (nSPS) is 17.0. The topological polar surface area (TPSA) is 160 Å². The number of aryl methyl sites for hydroxylation is 1. The lowest BCUT2D eigenvalue weighted by molar-refractivity contribution is -0.265. The van der Waals surface area contributed by atoms with Crippen LogP contribution in [-0.2, 0) is 15.8 Å². The molecule has 2 atom stereocenters. The number of nitrogens with two attached hydrogens (primary N) is 1. The largest absolute Gasteiger partial charge is 0.494 e. The van der Waals surface area contributed by atoms with Crippen LogP contribution in [0, 0.1) is 18.3 Å². The van der Waals surface area contributed by atoms with Gasteiger partial charge in [0.1, 0.15) is 40.8 Å². The van der Waals surface area contributed by atoms with E-state index in [0.717, 1.165) is 6.07 Å². The second-order valence-electron chi connectivity index (χ2n) is 10.9. The molecule has 2 aromatic heterocycles. The fourth-order valence-corrected chi connectivity index (χ4v) is 5.38. The predicted octanol–water partition coefficient (Wildman–Crippen LogP) is 5.11. The van der Waals surface area contributed by atoms with E-state index in [1.807, 2.05) is 6.07 Å². The summed E-state index contributed by atoms with van der Waals surface area (Å²) in [6.07, 6.45) is -5.39. The molecule has 238 valence electrons. The maximum Gasteiger partial charge on any atom is 0.424 e. The van der Waals surface area contributed by atoms with Gasteiger partial charge in [-0.2, -0.15) is 18.4 Å². The third kappa shape index (κ3) is 5.42. The summed E-state index contributed by atoms with van der Waals surface area (Å²) in [5, 5.41) is 23.4. The molecule has 3 heterocycles. The van der Waals surface area contributed by atoms with Crippen LogP contribution in [-0.4, -0.2) is 53.3 Å². The van der Waals surface area contributed by atoms with Gasteiger partial charge in [-0.3, -0.25) is 9.59 Å². The standard InChI is InChI=1S/C31H24Cl2F3N5O5/c1-14-20(32)8-17-6-18(9-22(45-3)24(17)40-14)27(42)39-12-30(44,31(34,35)36)23-10-19-26(46-13-29(19,2)28(38)43)25(41-23)15-4-5-16(11-37)21(33)7-15/h4-10,44H,12-13H2,1-3H3,(H2,38,43)(H,39,42)/t29-,30?/m0/s1. The van der Waals surface area contributed by atoms with Crippen molar-refractivity contribution in [3.63, 3.8) is 0 Å². The van der Waals surface area contributed by atoms with E-state index in [1.54, 1.807) is 6.92 Å². The van der Waals surface area contributed by atoms with Crippen LogP contribution in [0.15, 0.2) is 42.5 Å². The molecule has 4 aromatic rings. The van der Waals surface area contributed by atoms with Gasteiger partial charge in [-0.15, -0.1) is 0 Å². The molecule has 0 radical (unpaired) electrons. The smallest absolute Gasteiger partial charge is 0.424 e. The van der Waals surface area contributed by atoms with Crippen molar-refractivity contribution in [3.8, 4) is 28.8 Å². The number of pyridine rings is 2. The van der Waals surface area contributed by atoms with Crippen molar-refractivity contribution in [1.29, 1.82) is 5.26 Å². The van der Waals surface area contributed by atoms with Gasteiger partial charge in [-0.05, 0) is 50.2 Å². The minimum Gasteiger partial charge on any atom is -0.494 e. The monoisotopic (exact) mass is 673 g/mol. The minimum absolute atomic E-state index is 0.0209. The number of nitrogens with zero attached hydrogens (tertiary/aromatic N) is 3. The maximum absolute atomic E-state index is 14.8. The lowest BCUT2D eigenvalue weighted by atomic mass is 9.81. The van der Waals surface area contributed by atoms with E-state index in [-0.39, 0.29) is 51.1 Å². The van der Waals surface area contributed by atoms with E-state index in [9.17, 15) is 33.1 Å². The lowest BCUT2D eigenvalue weighted by Crippen LogP contribution is -2.51. The predicted molar refractivity (Wildman–Crippen MR) is 162 cm³/mol. The highest BCUT2D eigenvalue weighted by Crippen LogP contribution is 2.48. The van der Waals surface area contributed by atoms with Crippen molar-refractivity contribution in [1.82, 2.24) is 15.3 Å². The Morgan fingerprint density at radius 2 is 1.89 bits per heavy atom. The Labute approximate surface area is 269 Å². The van der Waals surface area contributed by atoms with Gasteiger partial charge in [0.2, 0.25) is 11.5 Å². The first kappa shape index (κ1) is 32.7. The number of hydrogen-bond donors (Lipinski definition) is 3. The number of rotatable bonds is 7. The summed E-state index contributed by atoms with van der Waals surface area (Å²) in [6, 6.07) is 11.0. The van der Waals surface area contributed by atoms with Gasteiger partial charge in [0.05, 0.1) is 40.7 Å². The molecule has 1 aliphatic heterocycles. The number of halogens is 5. The molecule has 0 fully saturated rings. The van der Waals surface area contributed by atoms with Crippen molar-refractivity contribution >= 4 is 45.9 Å². The summed E-state index contributed by atoms with van der Waals surface area (Å²) in [4.78, 5) is 34.2. The van der Waals surface area contributed by atoms with Crippen molar-refractivity contribution in [3.05, 3.63) is 80.6 Å². The summed E-state index contributed by atoms with van der Waals surface area (Å²) in [7, 11) is 1.34. The van der Waals surface area contributed by atoms with E-state index in [2.05, 4.69) is 15.3 Å². The summed E-state index contributed by atoms with van der Waals surface area (Å²) >= 11 is 12.4. The summed E-state index contributed by atoms with van der Waals surface area (Å²) in [5.41, 5.74) is 0.0628. The van der Waals surface area contributed by atoms with Crippen LogP contribution < -0.4 is 20.5 Å². The number of carbonyl (C=O) groups excluding carboxylic acids is 2. The van der Waals surface area contributed by atoms with E-state index < -0.39 is 41.2 Å².